The molecular formula is C23H21Cl2N3O2S2. The molecule has 0 saturated heterocycles. The van der Waals surface area contributed by atoms with E-state index in [1.165, 1.54) is 11.8 Å². The first-order valence-corrected chi connectivity index (χ1v) is 12.6. The van der Waals surface area contributed by atoms with Crippen molar-refractivity contribution in [1.82, 2.24) is 9.55 Å². The van der Waals surface area contributed by atoms with Crippen LogP contribution in [0.1, 0.15) is 23.7 Å². The number of aryl methyl sites for hydroxylation is 2. The zero-order valence-electron chi connectivity index (χ0n) is 17.7. The highest BCUT2D eigenvalue weighted by Crippen LogP contribution is 2.35. The molecule has 32 heavy (non-hydrogen) atoms. The van der Waals surface area contributed by atoms with E-state index >= 15 is 0 Å². The van der Waals surface area contributed by atoms with E-state index in [1.54, 1.807) is 34.5 Å². The number of hydrogen-bond acceptors (Lipinski definition) is 5. The molecule has 1 amide bonds. The highest BCUT2D eigenvalue weighted by atomic mass is 35.5. The van der Waals surface area contributed by atoms with E-state index in [0.29, 0.717) is 31.0 Å². The van der Waals surface area contributed by atoms with E-state index in [9.17, 15) is 9.59 Å². The number of benzene rings is 2. The molecule has 2 aromatic carbocycles. The van der Waals surface area contributed by atoms with Crippen LogP contribution >= 0.6 is 46.7 Å². The van der Waals surface area contributed by atoms with Crippen LogP contribution in [0.25, 0.3) is 5.69 Å². The van der Waals surface area contributed by atoms with Crippen molar-refractivity contribution >= 4 is 58.3 Å². The van der Waals surface area contributed by atoms with Crippen LogP contribution in [-0.2, 0) is 11.2 Å². The number of aromatic nitrogens is 2. The van der Waals surface area contributed by atoms with E-state index in [-0.39, 0.29) is 17.2 Å². The van der Waals surface area contributed by atoms with E-state index in [4.69, 9.17) is 28.2 Å². The molecule has 0 fully saturated rings. The van der Waals surface area contributed by atoms with Gasteiger partial charge in [0.1, 0.15) is 0 Å². The molecule has 3 aromatic rings. The van der Waals surface area contributed by atoms with Gasteiger partial charge in [-0.15, -0.1) is 11.8 Å². The number of halogens is 2. The Morgan fingerprint density at radius 2 is 1.91 bits per heavy atom. The van der Waals surface area contributed by atoms with E-state index in [2.05, 4.69) is 18.3 Å². The molecule has 0 bridgehead atoms. The molecule has 0 saturated carbocycles. The highest BCUT2D eigenvalue weighted by Gasteiger charge is 2.27. The van der Waals surface area contributed by atoms with Crippen LogP contribution in [-0.4, -0.2) is 26.5 Å². The average molecular weight is 506 g/mol. The summed E-state index contributed by atoms with van der Waals surface area (Å²) in [5.74, 6) is -0.128. The fraction of sp³-hybridized carbons (Fsp3) is 0.261. The Morgan fingerprint density at radius 3 is 2.59 bits per heavy atom. The van der Waals surface area contributed by atoms with Gasteiger partial charge in [-0.25, -0.2) is 4.98 Å². The van der Waals surface area contributed by atoms with Gasteiger partial charge in [-0.05, 0) is 55.3 Å². The summed E-state index contributed by atoms with van der Waals surface area (Å²) < 4.78 is 1.63. The summed E-state index contributed by atoms with van der Waals surface area (Å²) in [5, 5.41) is 4.41. The van der Waals surface area contributed by atoms with Gasteiger partial charge in [-0.2, -0.15) is 0 Å². The molecule has 0 spiro atoms. The number of rotatable bonds is 5. The minimum absolute atomic E-state index is 0.0817. The molecule has 0 aliphatic carbocycles. The van der Waals surface area contributed by atoms with Crippen LogP contribution in [0.4, 0.5) is 5.69 Å². The minimum Gasteiger partial charge on any atom is -0.325 e. The molecule has 1 unspecified atom stereocenters. The third kappa shape index (κ3) is 5.01. The second kappa shape index (κ2) is 9.51. The number of nitrogens with zero attached hydrogens (tertiary/aromatic N) is 2. The van der Waals surface area contributed by atoms with Crippen molar-refractivity contribution in [2.75, 3.05) is 11.1 Å². The van der Waals surface area contributed by atoms with Crippen molar-refractivity contribution in [3.05, 3.63) is 73.6 Å². The Bertz CT molecular complexity index is 1260. The molecule has 166 valence electrons. The van der Waals surface area contributed by atoms with E-state index in [1.807, 2.05) is 26.0 Å². The number of anilines is 1. The normalized spacial score (nSPS) is 15.0. The molecule has 2 heterocycles. The van der Waals surface area contributed by atoms with Crippen LogP contribution in [0.2, 0.25) is 10.0 Å². The molecule has 1 aliphatic rings. The Hall–Kier alpha value is -1.93. The van der Waals surface area contributed by atoms with Gasteiger partial charge in [0.25, 0.3) is 5.56 Å². The fourth-order valence-corrected chi connectivity index (χ4v) is 5.83. The molecule has 5 nitrogen and oxygen atoms in total. The number of fused-ring (bicyclic) bond motifs is 1. The molecule has 1 N–H and O–H groups in total. The van der Waals surface area contributed by atoms with Crippen LogP contribution < -0.4 is 10.9 Å². The Kier molecular flexibility index (Phi) is 6.91. The molecular weight excluding hydrogens is 485 g/mol. The summed E-state index contributed by atoms with van der Waals surface area (Å²) in [7, 11) is 0. The Morgan fingerprint density at radius 1 is 1.19 bits per heavy atom. The zero-order valence-corrected chi connectivity index (χ0v) is 20.9. The van der Waals surface area contributed by atoms with Gasteiger partial charge >= 0.3 is 0 Å². The number of carbonyl (C=O) groups excluding carboxylic acids is 1. The van der Waals surface area contributed by atoms with Crippen LogP contribution in [0.15, 0.2) is 51.2 Å². The quantitative estimate of drug-likeness (QED) is 0.344. The second-order valence-corrected chi connectivity index (χ2v) is 11.0. The predicted octanol–water partition coefficient (Wildman–Crippen LogP) is 5.92. The number of hydrogen-bond donors (Lipinski definition) is 1. The molecule has 9 heteroatoms. The van der Waals surface area contributed by atoms with Gasteiger partial charge in [-0.3, -0.25) is 14.2 Å². The van der Waals surface area contributed by atoms with Gasteiger partial charge in [0.15, 0.2) is 5.16 Å². The second-order valence-electron chi connectivity index (χ2n) is 7.76. The first-order chi connectivity index (χ1) is 15.2. The first-order valence-electron chi connectivity index (χ1n) is 10.00. The molecule has 4 rings (SSSR count). The van der Waals surface area contributed by atoms with Crippen molar-refractivity contribution in [2.45, 2.75) is 42.5 Å². The maximum absolute atomic E-state index is 13.4. The lowest BCUT2D eigenvalue weighted by atomic mass is 10.1. The SMILES string of the molecule is Cc1cc(C)cc(-n2c(SCC(=O)Nc3ccc(Cl)c(Cl)c3)nc3c(c2=O)SC(C)C3)c1. The van der Waals surface area contributed by atoms with E-state index < -0.39 is 0 Å². The molecule has 1 aromatic heterocycles. The standard InChI is InChI=1S/C23H21Cl2N3O2S2/c1-12-6-13(2)8-16(7-12)28-22(30)21-19(9-14(3)32-21)27-23(28)31-11-20(29)26-15-4-5-17(24)18(25)10-15/h4-8,10,14H,9,11H2,1-3H3,(H,26,29). The molecule has 1 aliphatic heterocycles. The third-order valence-electron chi connectivity index (χ3n) is 4.88. The summed E-state index contributed by atoms with van der Waals surface area (Å²) >= 11 is 14.8. The van der Waals surface area contributed by atoms with E-state index in [0.717, 1.165) is 28.9 Å². The van der Waals surface area contributed by atoms with Gasteiger partial charge in [0.05, 0.1) is 32.1 Å². The Labute approximate surface area is 204 Å². The summed E-state index contributed by atoms with van der Waals surface area (Å²) in [4.78, 5) is 31.5. The van der Waals surface area contributed by atoms with Crippen molar-refractivity contribution in [1.29, 1.82) is 0 Å². The summed E-state index contributed by atoms with van der Waals surface area (Å²) in [5.41, 5.74) is 4.16. The third-order valence-corrected chi connectivity index (χ3v) is 7.77. The minimum atomic E-state index is -0.224. The highest BCUT2D eigenvalue weighted by molar-refractivity contribution is 8.00. The lowest BCUT2D eigenvalue weighted by molar-refractivity contribution is -0.113. The number of carbonyl (C=O) groups is 1. The maximum Gasteiger partial charge on any atom is 0.272 e. The fourth-order valence-electron chi connectivity index (χ4n) is 3.61. The lowest BCUT2D eigenvalue weighted by Crippen LogP contribution is -2.25. The van der Waals surface area contributed by atoms with Crippen molar-refractivity contribution in [3.63, 3.8) is 0 Å². The van der Waals surface area contributed by atoms with Gasteiger partial charge < -0.3 is 5.32 Å². The first kappa shape index (κ1) is 23.2. The van der Waals surface area contributed by atoms with Crippen LogP contribution in [0, 0.1) is 13.8 Å². The predicted molar refractivity (Wildman–Crippen MR) is 134 cm³/mol. The average Bonchev–Trinajstić information content (AvgIpc) is 3.09. The topological polar surface area (TPSA) is 64.0 Å². The van der Waals surface area contributed by atoms with Gasteiger partial charge in [-0.1, -0.05) is 48.0 Å². The summed E-state index contributed by atoms with van der Waals surface area (Å²) in [6, 6.07) is 10.9. The smallest absolute Gasteiger partial charge is 0.272 e. The largest absolute Gasteiger partial charge is 0.325 e. The van der Waals surface area contributed by atoms with Crippen LogP contribution in [0.3, 0.4) is 0 Å². The zero-order chi connectivity index (χ0) is 23.0. The Balaban J connectivity index is 1.64. The molecule has 1 atom stereocenters. The number of amides is 1. The number of thioether (sulfide) groups is 2. The monoisotopic (exact) mass is 505 g/mol. The maximum atomic E-state index is 13.4. The van der Waals surface area contributed by atoms with Crippen molar-refractivity contribution in [2.24, 2.45) is 0 Å². The van der Waals surface area contributed by atoms with Crippen molar-refractivity contribution in [3.8, 4) is 5.69 Å². The lowest BCUT2D eigenvalue weighted by Gasteiger charge is -2.15. The number of nitrogens with one attached hydrogen (secondary N) is 1. The van der Waals surface area contributed by atoms with Crippen molar-refractivity contribution < 1.29 is 4.79 Å². The molecule has 0 radical (unpaired) electrons. The summed E-state index contributed by atoms with van der Waals surface area (Å²) in [6.45, 7) is 6.08. The van der Waals surface area contributed by atoms with Gasteiger partial charge in [0, 0.05) is 17.4 Å². The van der Waals surface area contributed by atoms with Gasteiger partial charge in [0.2, 0.25) is 5.91 Å². The van der Waals surface area contributed by atoms with Crippen LogP contribution in [0.5, 0.6) is 0 Å². The summed E-state index contributed by atoms with van der Waals surface area (Å²) in [6.07, 6.45) is 0.742.